The van der Waals surface area contributed by atoms with Crippen molar-refractivity contribution in [1.82, 2.24) is 4.72 Å². The summed E-state index contributed by atoms with van der Waals surface area (Å²) >= 11 is 3.30. The van der Waals surface area contributed by atoms with Crippen LogP contribution in [-0.2, 0) is 10.0 Å². The van der Waals surface area contributed by atoms with Crippen molar-refractivity contribution < 1.29 is 13.2 Å². The van der Waals surface area contributed by atoms with Gasteiger partial charge in [-0.3, -0.25) is 0 Å². The predicted octanol–water partition coefficient (Wildman–Crippen LogP) is 2.68. The molecule has 0 radical (unpaired) electrons. The molecule has 0 aromatic heterocycles. The highest BCUT2D eigenvalue weighted by atomic mass is 79.9. The van der Waals surface area contributed by atoms with Gasteiger partial charge in [0.25, 0.3) is 0 Å². The highest BCUT2D eigenvalue weighted by molar-refractivity contribution is 9.10. The summed E-state index contributed by atoms with van der Waals surface area (Å²) in [4.78, 5) is 0.174. The van der Waals surface area contributed by atoms with Gasteiger partial charge in [-0.15, -0.1) is 12.4 Å². The number of nitrogens with one attached hydrogen (secondary N) is 1. The highest BCUT2D eigenvalue weighted by Gasteiger charge is 2.20. The molecular formula is C13H22BrClN2O3S. The summed E-state index contributed by atoms with van der Waals surface area (Å²) in [6, 6.07) is 4.42. The van der Waals surface area contributed by atoms with E-state index in [9.17, 15) is 8.42 Å². The Bertz CT molecular complexity index is 540. The number of benzene rings is 1. The second-order valence-electron chi connectivity index (χ2n) is 4.49. The van der Waals surface area contributed by atoms with Crippen LogP contribution in [-0.4, -0.2) is 28.1 Å². The molecule has 1 aromatic carbocycles. The molecule has 0 bridgehead atoms. The monoisotopic (exact) mass is 400 g/mol. The predicted molar refractivity (Wildman–Crippen MR) is 90.6 cm³/mol. The third-order valence-electron chi connectivity index (χ3n) is 2.95. The van der Waals surface area contributed by atoms with Crippen molar-refractivity contribution in [3.8, 4) is 5.75 Å². The SMILES string of the molecule is CCCCC(CN)NS(=O)(=O)c1ccc(Br)c(OC)c1.Cl. The molecule has 0 aliphatic heterocycles. The number of methoxy groups -OCH3 is 1. The molecule has 0 aliphatic carbocycles. The number of hydrogen-bond acceptors (Lipinski definition) is 4. The van der Waals surface area contributed by atoms with Gasteiger partial charge in [0.2, 0.25) is 10.0 Å². The van der Waals surface area contributed by atoms with Gasteiger partial charge >= 0.3 is 0 Å². The largest absolute Gasteiger partial charge is 0.496 e. The summed E-state index contributed by atoms with van der Waals surface area (Å²) in [5.41, 5.74) is 5.62. The van der Waals surface area contributed by atoms with Crippen LogP contribution in [0.4, 0.5) is 0 Å². The zero-order valence-electron chi connectivity index (χ0n) is 12.1. The Kier molecular flexibility index (Phi) is 9.48. The first-order valence-corrected chi connectivity index (χ1v) is 8.78. The van der Waals surface area contributed by atoms with Crippen LogP contribution in [0, 0.1) is 0 Å². The molecule has 0 saturated carbocycles. The van der Waals surface area contributed by atoms with Gasteiger partial charge in [0.05, 0.1) is 16.5 Å². The first kappa shape index (κ1) is 20.7. The zero-order chi connectivity index (χ0) is 15.2. The highest BCUT2D eigenvalue weighted by Crippen LogP contribution is 2.27. The first-order chi connectivity index (χ1) is 9.44. The van der Waals surface area contributed by atoms with E-state index >= 15 is 0 Å². The average molecular weight is 402 g/mol. The van der Waals surface area contributed by atoms with E-state index in [1.807, 2.05) is 0 Å². The fourth-order valence-electron chi connectivity index (χ4n) is 1.77. The van der Waals surface area contributed by atoms with Gasteiger partial charge in [0.15, 0.2) is 0 Å². The lowest BCUT2D eigenvalue weighted by molar-refractivity contribution is 0.410. The van der Waals surface area contributed by atoms with Crippen LogP contribution in [0.2, 0.25) is 0 Å². The van der Waals surface area contributed by atoms with E-state index in [0.29, 0.717) is 10.2 Å². The smallest absolute Gasteiger partial charge is 0.240 e. The van der Waals surface area contributed by atoms with Crippen LogP contribution < -0.4 is 15.2 Å². The van der Waals surface area contributed by atoms with E-state index in [-0.39, 0.29) is 29.9 Å². The summed E-state index contributed by atoms with van der Waals surface area (Å²) in [5.74, 6) is 0.478. The third-order valence-corrected chi connectivity index (χ3v) is 5.12. The Morgan fingerprint density at radius 1 is 1.43 bits per heavy atom. The fraction of sp³-hybridized carbons (Fsp3) is 0.538. The molecule has 0 fully saturated rings. The molecule has 0 amide bonds. The molecule has 1 unspecified atom stereocenters. The minimum Gasteiger partial charge on any atom is -0.496 e. The molecule has 0 aliphatic rings. The zero-order valence-corrected chi connectivity index (χ0v) is 15.4. The number of nitrogens with two attached hydrogens (primary N) is 1. The summed E-state index contributed by atoms with van der Waals surface area (Å²) < 4.78 is 33.1. The third kappa shape index (κ3) is 6.12. The quantitative estimate of drug-likeness (QED) is 0.701. The van der Waals surface area contributed by atoms with Gasteiger partial charge in [-0.2, -0.15) is 0 Å². The molecule has 1 rings (SSSR count). The van der Waals surface area contributed by atoms with E-state index in [1.54, 1.807) is 6.07 Å². The van der Waals surface area contributed by atoms with Gasteiger partial charge in [0.1, 0.15) is 5.75 Å². The maximum absolute atomic E-state index is 12.3. The minimum absolute atomic E-state index is 0. The number of hydrogen-bond donors (Lipinski definition) is 2. The Balaban J connectivity index is 0.00000400. The van der Waals surface area contributed by atoms with Crippen molar-refractivity contribution in [1.29, 1.82) is 0 Å². The van der Waals surface area contributed by atoms with Gasteiger partial charge < -0.3 is 10.5 Å². The normalized spacial score (nSPS) is 12.6. The van der Waals surface area contributed by atoms with Crippen LogP contribution in [0.1, 0.15) is 26.2 Å². The molecule has 21 heavy (non-hydrogen) atoms. The second kappa shape index (κ2) is 9.63. The summed E-state index contributed by atoms with van der Waals surface area (Å²) in [6.45, 7) is 2.34. The minimum atomic E-state index is -3.58. The summed E-state index contributed by atoms with van der Waals surface area (Å²) in [6.07, 6.45) is 2.68. The number of rotatable bonds is 8. The molecular weight excluding hydrogens is 380 g/mol. The number of ether oxygens (including phenoxy) is 1. The number of sulfonamides is 1. The van der Waals surface area contributed by atoms with E-state index in [2.05, 4.69) is 27.6 Å². The van der Waals surface area contributed by atoms with Crippen molar-refractivity contribution in [2.75, 3.05) is 13.7 Å². The van der Waals surface area contributed by atoms with E-state index in [0.717, 1.165) is 19.3 Å². The van der Waals surface area contributed by atoms with E-state index in [4.69, 9.17) is 10.5 Å². The molecule has 1 aromatic rings. The van der Waals surface area contributed by atoms with Crippen LogP contribution in [0.5, 0.6) is 5.75 Å². The average Bonchev–Trinajstić information content (AvgIpc) is 2.43. The number of unbranched alkanes of at least 4 members (excludes halogenated alkanes) is 1. The van der Waals surface area contributed by atoms with Crippen LogP contribution in [0.15, 0.2) is 27.6 Å². The molecule has 0 saturated heterocycles. The van der Waals surface area contributed by atoms with Crippen molar-refractivity contribution >= 4 is 38.4 Å². The maximum atomic E-state index is 12.3. The summed E-state index contributed by atoms with van der Waals surface area (Å²) in [5, 5.41) is 0. The Morgan fingerprint density at radius 2 is 2.10 bits per heavy atom. The summed E-state index contributed by atoms with van der Waals surface area (Å²) in [7, 11) is -2.09. The lowest BCUT2D eigenvalue weighted by atomic mass is 10.1. The lowest BCUT2D eigenvalue weighted by Crippen LogP contribution is -2.40. The number of halogens is 2. The van der Waals surface area contributed by atoms with Gasteiger partial charge in [-0.25, -0.2) is 13.1 Å². The molecule has 5 nitrogen and oxygen atoms in total. The molecule has 0 heterocycles. The van der Waals surface area contributed by atoms with Crippen LogP contribution >= 0.6 is 28.3 Å². The standard InChI is InChI=1S/C13H21BrN2O3S.ClH/c1-3-4-5-10(9-15)16-20(17,18)11-6-7-12(14)13(8-11)19-2;/h6-8,10,16H,3-5,9,15H2,1-2H3;1H. The first-order valence-electron chi connectivity index (χ1n) is 6.50. The lowest BCUT2D eigenvalue weighted by Gasteiger charge is -2.17. The van der Waals surface area contributed by atoms with E-state index in [1.165, 1.54) is 19.2 Å². The molecule has 122 valence electrons. The Labute approximate surface area is 141 Å². The molecule has 1 atom stereocenters. The van der Waals surface area contributed by atoms with Crippen molar-refractivity contribution in [3.63, 3.8) is 0 Å². The topological polar surface area (TPSA) is 81.4 Å². The second-order valence-corrected chi connectivity index (χ2v) is 7.06. The van der Waals surface area contributed by atoms with Crippen molar-refractivity contribution in [3.05, 3.63) is 22.7 Å². The Hall–Kier alpha value is -0.340. The maximum Gasteiger partial charge on any atom is 0.240 e. The molecule has 0 spiro atoms. The van der Waals surface area contributed by atoms with Crippen molar-refractivity contribution in [2.24, 2.45) is 5.73 Å². The van der Waals surface area contributed by atoms with E-state index < -0.39 is 10.0 Å². The van der Waals surface area contributed by atoms with Gasteiger partial charge in [-0.05, 0) is 34.5 Å². The molecule has 3 N–H and O–H groups in total. The van der Waals surface area contributed by atoms with Crippen molar-refractivity contribution in [2.45, 2.75) is 37.1 Å². The van der Waals surface area contributed by atoms with Gasteiger partial charge in [0, 0.05) is 18.7 Å². The van der Waals surface area contributed by atoms with Crippen LogP contribution in [0.25, 0.3) is 0 Å². The van der Waals surface area contributed by atoms with Gasteiger partial charge in [-0.1, -0.05) is 19.8 Å². The van der Waals surface area contributed by atoms with Crippen LogP contribution in [0.3, 0.4) is 0 Å². The molecule has 8 heteroatoms. The Morgan fingerprint density at radius 3 is 2.62 bits per heavy atom. The fourth-order valence-corrected chi connectivity index (χ4v) is 3.48.